The molecule has 0 radical (unpaired) electrons. The molecule has 122 valence electrons. The first-order valence-corrected chi connectivity index (χ1v) is 7.83. The molecule has 1 aromatic heterocycles. The van der Waals surface area contributed by atoms with Crippen molar-refractivity contribution in [2.24, 2.45) is 5.84 Å². The van der Waals surface area contributed by atoms with Crippen LogP contribution in [0.5, 0.6) is 0 Å². The van der Waals surface area contributed by atoms with Crippen molar-refractivity contribution in [3.63, 3.8) is 0 Å². The molecule has 0 amide bonds. The van der Waals surface area contributed by atoms with Crippen molar-refractivity contribution in [3.8, 4) is 16.8 Å². The van der Waals surface area contributed by atoms with Crippen LogP contribution in [-0.2, 0) is 6.42 Å². The number of hydrogen-bond donors (Lipinski definition) is 2. The Morgan fingerprint density at radius 1 is 1.08 bits per heavy atom. The molecule has 0 saturated carbocycles. The molecular weight excluding hydrogens is 326 g/mol. The van der Waals surface area contributed by atoms with Gasteiger partial charge in [-0.1, -0.05) is 54.9 Å². The van der Waals surface area contributed by atoms with Crippen molar-refractivity contribution in [2.75, 3.05) is 5.43 Å². The summed E-state index contributed by atoms with van der Waals surface area (Å²) in [6.45, 7) is 1.88. The van der Waals surface area contributed by atoms with Gasteiger partial charge in [-0.15, -0.1) is 0 Å². The number of nitrogens with one attached hydrogen (secondary N) is 1. The van der Waals surface area contributed by atoms with Gasteiger partial charge in [0.15, 0.2) is 0 Å². The summed E-state index contributed by atoms with van der Waals surface area (Å²) in [6, 6.07) is 15.5. The number of hydrazine groups is 1. The molecule has 1 aromatic carbocycles. The molecule has 7 heteroatoms. The fraction of sp³-hybridized carbons (Fsp3) is 0.118. The molecule has 2 aliphatic carbocycles. The number of nitrogens with zero attached hydrogens (tertiary/aromatic N) is 3. The summed E-state index contributed by atoms with van der Waals surface area (Å²) in [4.78, 5) is 19.9. The van der Waals surface area contributed by atoms with Crippen molar-refractivity contribution in [1.29, 1.82) is 0 Å². The van der Waals surface area contributed by atoms with E-state index >= 15 is 0 Å². The summed E-state index contributed by atoms with van der Waals surface area (Å²) < 4.78 is 1.38. The Morgan fingerprint density at radius 3 is 2.17 bits per heavy atom. The van der Waals surface area contributed by atoms with Crippen LogP contribution in [0.2, 0.25) is 5.02 Å². The van der Waals surface area contributed by atoms with E-state index in [2.05, 4.69) is 39.7 Å². The Balaban J connectivity index is 0.000000231. The summed E-state index contributed by atoms with van der Waals surface area (Å²) in [6.07, 6.45) is 0.553. The van der Waals surface area contributed by atoms with Gasteiger partial charge in [0.25, 0.3) is 0 Å². The summed E-state index contributed by atoms with van der Waals surface area (Å²) >= 11 is 6.08. The molecular formula is C17H16ClN5O. The standard InChI is InChI=1S/C11H12ClN5O.C6H4/c1-2-9-14-10(16-13)15-11(18)17(9)8-6-4-3-5-7(8)12;1-2-6-4-3-5(1)6/h3-6H,2,13H2,1H3,(H,15,16,18);1-4H. The number of hydrogen-bond acceptors (Lipinski definition) is 5. The van der Waals surface area contributed by atoms with E-state index in [1.54, 1.807) is 24.3 Å². The Bertz CT molecular complexity index is 900. The van der Waals surface area contributed by atoms with Crippen molar-refractivity contribution >= 4 is 17.5 Å². The van der Waals surface area contributed by atoms with Gasteiger partial charge in [-0.3, -0.25) is 5.43 Å². The average molecular weight is 342 g/mol. The van der Waals surface area contributed by atoms with Gasteiger partial charge in [-0.2, -0.15) is 9.97 Å². The highest BCUT2D eigenvalue weighted by Crippen LogP contribution is 2.29. The molecule has 0 unspecified atom stereocenters. The Hall–Kier alpha value is -2.70. The van der Waals surface area contributed by atoms with Crippen LogP contribution in [0.25, 0.3) is 16.8 Å². The molecule has 1 heterocycles. The van der Waals surface area contributed by atoms with Crippen molar-refractivity contribution in [3.05, 3.63) is 69.9 Å². The fourth-order valence-electron chi connectivity index (χ4n) is 2.29. The van der Waals surface area contributed by atoms with Crippen LogP contribution >= 0.6 is 11.6 Å². The summed E-state index contributed by atoms with van der Waals surface area (Å²) in [5, 5.41) is 0.464. The lowest BCUT2D eigenvalue weighted by Gasteiger charge is -2.12. The maximum Gasteiger partial charge on any atom is 0.356 e. The second-order valence-electron chi connectivity index (χ2n) is 5.11. The maximum absolute atomic E-state index is 12.0. The topological polar surface area (TPSA) is 85.8 Å². The minimum Gasteiger partial charge on any atom is -0.292 e. The lowest BCUT2D eigenvalue weighted by Crippen LogP contribution is -2.28. The van der Waals surface area contributed by atoms with E-state index in [4.69, 9.17) is 17.4 Å². The number of aromatic nitrogens is 3. The molecule has 0 bridgehead atoms. The van der Waals surface area contributed by atoms with Crippen LogP contribution < -0.4 is 17.0 Å². The molecule has 0 atom stereocenters. The summed E-state index contributed by atoms with van der Waals surface area (Å²) in [5.41, 5.74) is 5.21. The normalized spacial score (nSPS) is 10.6. The molecule has 6 nitrogen and oxygen atoms in total. The summed E-state index contributed by atoms with van der Waals surface area (Å²) in [7, 11) is 0. The van der Waals surface area contributed by atoms with Gasteiger partial charge in [0.2, 0.25) is 5.95 Å². The minimum atomic E-state index is -0.470. The molecule has 24 heavy (non-hydrogen) atoms. The predicted molar refractivity (Wildman–Crippen MR) is 95.3 cm³/mol. The Labute approximate surface area is 143 Å². The van der Waals surface area contributed by atoms with E-state index in [0.717, 1.165) is 0 Å². The van der Waals surface area contributed by atoms with E-state index < -0.39 is 5.69 Å². The molecule has 4 rings (SSSR count). The van der Waals surface area contributed by atoms with Gasteiger partial charge in [0.05, 0.1) is 10.7 Å². The lowest BCUT2D eigenvalue weighted by molar-refractivity contribution is 0.770. The number of halogens is 1. The van der Waals surface area contributed by atoms with Crippen molar-refractivity contribution in [2.45, 2.75) is 13.3 Å². The number of anilines is 1. The molecule has 0 aliphatic heterocycles. The maximum atomic E-state index is 12.0. The van der Waals surface area contributed by atoms with Gasteiger partial charge >= 0.3 is 5.69 Å². The van der Waals surface area contributed by atoms with E-state index in [0.29, 0.717) is 23.0 Å². The highest BCUT2D eigenvalue weighted by Gasteiger charge is 2.12. The SMILES string of the molecule is CCc1nc(NN)nc(=O)n1-c1ccccc1Cl.c1cc2ccc1-2. The van der Waals surface area contributed by atoms with Crippen LogP contribution in [0.1, 0.15) is 12.7 Å². The quantitative estimate of drug-likeness (QED) is 0.442. The molecule has 0 saturated heterocycles. The first-order chi connectivity index (χ1) is 11.6. The number of fused-ring (bicyclic) bond motifs is 1. The minimum absolute atomic E-state index is 0.0974. The van der Waals surface area contributed by atoms with E-state index in [9.17, 15) is 4.79 Å². The number of nitrogen functional groups attached to an aromatic ring is 1. The van der Waals surface area contributed by atoms with Gasteiger partial charge in [-0.25, -0.2) is 15.2 Å². The highest BCUT2D eigenvalue weighted by molar-refractivity contribution is 6.32. The zero-order valence-electron chi connectivity index (χ0n) is 13.0. The van der Waals surface area contributed by atoms with E-state index in [-0.39, 0.29) is 5.95 Å². The van der Waals surface area contributed by atoms with Gasteiger partial charge in [0, 0.05) is 6.42 Å². The third kappa shape index (κ3) is 3.02. The Morgan fingerprint density at radius 2 is 1.71 bits per heavy atom. The smallest absolute Gasteiger partial charge is 0.292 e. The predicted octanol–water partition coefficient (Wildman–Crippen LogP) is 2.80. The molecule has 2 aliphatic rings. The fourth-order valence-corrected chi connectivity index (χ4v) is 2.51. The number of nitrogens with two attached hydrogens (primary N) is 1. The molecule has 3 N–H and O–H groups in total. The van der Waals surface area contributed by atoms with Crippen LogP contribution in [0.15, 0.2) is 53.3 Å². The van der Waals surface area contributed by atoms with E-state index in [1.165, 1.54) is 15.7 Å². The van der Waals surface area contributed by atoms with Crippen LogP contribution in [-0.4, -0.2) is 14.5 Å². The van der Waals surface area contributed by atoms with Gasteiger partial charge in [-0.05, 0) is 23.3 Å². The average Bonchev–Trinajstić information content (AvgIpc) is 2.58. The zero-order valence-corrected chi connectivity index (χ0v) is 13.8. The van der Waals surface area contributed by atoms with Gasteiger partial charge < -0.3 is 0 Å². The molecule has 0 spiro atoms. The first-order valence-electron chi connectivity index (χ1n) is 7.46. The third-order valence-corrected chi connectivity index (χ3v) is 3.96. The monoisotopic (exact) mass is 341 g/mol. The number of para-hydroxylation sites is 1. The zero-order chi connectivity index (χ0) is 17.1. The Kier molecular flexibility index (Phi) is 4.59. The number of rotatable bonds is 3. The number of aryl methyl sites for hydroxylation is 1. The van der Waals surface area contributed by atoms with E-state index in [1.807, 2.05) is 6.92 Å². The second kappa shape index (κ2) is 6.82. The molecule has 2 aromatic rings. The van der Waals surface area contributed by atoms with Crippen LogP contribution in [0.3, 0.4) is 0 Å². The van der Waals surface area contributed by atoms with Crippen molar-refractivity contribution in [1.82, 2.24) is 14.5 Å². The van der Waals surface area contributed by atoms with Gasteiger partial charge in [0.1, 0.15) is 5.82 Å². The number of benzene rings is 2. The van der Waals surface area contributed by atoms with Crippen LogP contribution in [0, 0.1) is 0 Å². The van der Waals surface area contributed by atoms with Crippen molar-refractivity contribution < 1.29 is 0 Å². The largest absolute Gasteiger partial charge is 0.356 e. The first kappa shape index (κ1) is 16.2. The third-order valence-electron chi connectivity index (χ3n) is 3.64. The second-order valence-corrected chi connectivity index (χ2v) is 5.52. The highest BCUT2D eigenvalue weighted by atomic mass is 35.5. The van der Waals surface area contributed by atoms with Crippen LogP contribution in [0.4, 0.5) is 5.95 Å². The lowest BCUT2D eigenvalue weighted by atomic mass is 9.95. The molecule has 0 fully saturated rings. The summed E-state index contributed by atoms with van der Waals surface area (Å²) in [5.74, 6) is 5.85.